The number of rotatable bonds is 6. The molecular weight excluding hydrogens is 364 g/mol. The highest BCUT2D eigenvalue weighted by atomic mass is 32.2. The first-order valence-electron chi connectivity index (χ1n) is 9.14. The third kappa shape index (κ3) is 4.20. The van der Waals surface area contributed by atoms with Gasteiger partial charge in [-0.15, -0.1) is 11.8 Å². The minimum Gasteiger partial charge on any atom is -0.467 e. The number of amides is 2. The monoisotopic (exact) mass is 386 g/mol. The van der Waals surface area contributed by atoms with Gasteiger partial charge in [0, 0.05) is 18.7 Å². The zero-order valence-corrected chi connectivity index (χ0v) is 15.7. The van der Waals surface area contributed by atoms with Gasteiger partial charge in [0.25, 0.3) is 5.91 Å². The number of carbonyl (C=O) groups is 2. The number of nitrogens with one attached hydrogen (secondary N) is 1. The Labute approximate surface area is 162 Å². The lowest BCUT2D eigenvalue weighted by atomic mass is 10.1. The van der Waals surface area contributed by atoms with E-state index < -0.39 is 0 Å². The van der Waals surface area contributed by atoms with Gasteiger partial charge in [-0.25, -0.2) is 0 Å². The molecule has 0 saturated carbocycles. The number of carbonyl (C=O) groups excluding carboxylic acids is 2. The second-order valence-corrected chi connectivity index (χ2v) is 7.80. The largest absolute Gasteiger partial charge is 0.467 e. The lowest BCUT2D eigenvalue weighted by molar-refractivity contribution is -0.128. The maximum atomic E-state index is 12.3. The molecule has 7 heteroatoms. The number of furan rings is 1. The topological polar surface area (TPSA) is 71.8 Å². The van der Waals surface area contributed by atoms with Gasteiger partial charge in [0.1, 0.15) is 11.1 Å². The van der Waals surface area contributed by atoms with Crippen molar-refractivity contribution in [3.05, 3.63) is 59.5 Å². The number of nitrogens with zero attached hydrogens (tertiary/aromatic N) is 1. The Balaban J connectivity index is 1.40. The molecule has 1 aromatic heterocycles. The second kappa shape index (κ2) is 8.19. The average Bonchev–Trinajstić information content (AvgIpc) is 3.44. The molecule has 4 rings (SSSR count). The molecular formula is C20H22N2O4S. The van der Waals surface area contributed by atoms with Gasteiger partial charge in [-0.1, -0.05) is 12.1 Å². The summed E-state index contributed by atoms with van der Waals surface area (Å²) in [5.74, 6) is 1.22. The highest BCUT2D eigenvalue weighted by Crippen LogP contribution is 2.39. The Kier molecular flexibility index (Phi) is 5.50. The van der Waals surface area contributed by atoms with Crippen LogP contribution in [0.2, 0.25) is 0 Å². The van der Waals surface area contributed by atoms with Crippen LogP contribution in [0.3, 0.4) is 0 Å². The molecule has 1 N–H and O–H groups in total. The molecule has 2 aliphatic heterocycles. The normalized spacial score (nSPS) is 22.4. The van der Waals surface area contributed by atoms with Gasteiger partial charge in [0.05, 0.1) is 24.7 Å². The fourth-order valence-electron chi connectivity index (χ4n) is 3.38. The van der Waals surface area contributed by atoms with Gasteiger partial charge in [-0.3, -0.25) is 9.59 Å². The van der Waals surface area contributed by atoms with Crippen molar-refractivity contribution in [2.24, 2.45) is 0 Å². The third-order valence-electron chi connectivity index (χ3n) is 4.85. The zero-order valence-electron chi connectivity index (χ0n) is 14.9. The van der Waals surface area contributed by atoms with Crippen LogP contribution in [0.25, 0.3) is 0 Å². The molecule has 6 nitrogen and oxygen atoms in total. The van der Waals surface area contributed by atoms with Crippen molar-refractivity contribution in [1.29, 1.82) is 0 Å². The lowest BCUT2D eigenvalue weighted by Gasteiger charge is -2.23. The van der Waals surface area contributed by atoms with E-state index in [9.17, 15) is 9.59 Å². The highest BCUT2D eigenvalue weighted by Gasteiger charge is 2.33. The minimum absolute atomic E-state index is 0.0633. The molecule has 1 aromatic carbocycles. The number of hydrogen-bond acceptors (Lipinski definition) is 5. The summed E-state index contributed by atoms with van der Waals surface area (Å²) in [6, 6.07) is 11.2. The predicted octanol–water partition coefficient (Wildman–Crippen LogP) is 2.96. The van der Waals surface area contributed by atoms with E-state index in [1.165, 1.54) is 0 Å². The van der Waals surface area contributed by atoms with Crippen LogP contribution in [0, 0.1) is 0 Å². The molecule has 2 atom stereocenters. The van der Waals surface area contributed by atoms with Crippen LogP contribution in [0.4, 0.5) is 0 Å². The number of benzene rings is 1. The van der Waals surface area contributed by atoms with E-state index in [1.807, 2.05) is 41.3 Å². The summed E-state index contributed by atoms with van der Waals surface area (Å²) in [6.07, 6.45) is 3.80. The summed E-state index contributed by atoms with van der Waals surface area (Å²) in [7, 11) is 0. The van der Waals surface area contributed by atoms with Crippen LogP contribution in [0.5, 0.6) is 0 Å². The molecule has 142 valence electrons. The van der Waals surface area contributed by atoms with Crippen LogP contribution >= 0.6 is 11.8 Å². The Bertz CT molecular complexity index is 785. The molecule has 0 spiro atoms. The number of hydrogen-bond donors (Lipinski definition) is 1. The molecule has 2 aromatic rings. The predicted molar refractivity (Wildman–Crippen MR) is 102 cm³/mol. The Morgan fingerprint density at radius 1 is 1.26 bits per heavy atom. The summed E-state index contributed by atoms with van der Waals surface area (Å²) in [5, 5.41) is 2.87. The molecule has 0 unspecified atom stereocenters. The minimum atomic E-state index is -0.0976. The maximum absolute atomic E-state index is 12.3. The van der Waals surface area contributed by atoms with E-state index in [2.05, 4.69) is 5.32 Å². The van der Waals surface area contributed by atoms with Crippen molar-refractivity contribution in [2.75, 3.05) is 18.9 Å². The molecule has 0 aliphatic carbocycles. The summed E-state index contributed by atoms with van der Waals surface area (Å²) >= 11 is 1.59. The first kappa shape index (κ1) is 18.1. The van der Waals surface area contributed by atoms with Gasteiger partial charge in [0.15, 0.2) is 0 Å². The van der Waals surface area contributed by atoms with Gasteiger partial charge in [0.2, 0.25) is 5.91 Å². The summed E-state index contributed by atoms with van der Waals surface area (Å²) in [6.45, 7) is 1.78. The molecule has 2 saturated heterocycles. The summed E-state index contributed by atoms with van der Waals surface area (Å²) in [4.78, 5) is 26.4. The van der Waals surface area contributed by atoms with E-state index in [1.54, 1.807) is 18.0 Å². The van der Waals surface area contributed by atoms with Crippen molar-refractivity contribution in [1.82, 2.24) is 10.2 Å². The molecule has 2 amide bonds. The molecule has 2 aliphatic rings. The van der Waals surface area contributed by atoms with E-state index in [-0.39, 0.29) is 23.3 Å². The van der Waals surface area contributed by atoms with Crippen LogP contribution in [0.1, 0.15) is 39.9 Å². The summed E-state index contributed by atoms with van der Waals surface area (Å²) < 4.78 is 10.9. The summed E-state index contributed by atoms with van der Waals surface area (Å²) in [5.41, 5.74) is 1.62. The third-order valence-corrected chi connectivity index (χ3v) is 6.10. The van der Waals surface area contributed by atoms with E-state index in [4.69, 9.17) is 9.15 Å². The van der Waals surface area contributed by atoms with Crippen molar-refractivity contribution in [2.45, 2.75) is 30.9 Å². The smallest absolute Gasteiger partial charge is 0.251 e. The standard InChI is InChI=1S/C20H22N2O4S/c23-18-13-27-20(22(18)12-17-4-2-10-26-17)15-7-5-14(6-8-15)19(24)21-11-16-3-1-9-25-16/h2,4-8,10,16,20H,1,3,9,11-13H2,(H,21,24)/t16-,20-/m0/s1. The average molecular weight is 386 g/mol. The van der Waals surface area contributed by atoms with Crippen LogP contribution in [-0.4, -0.2) is 41.7 Å². The lowest BCUT2D eigenvalue weighted by Crippen LogP contribution is -2.31. The Hall–Kier alpha value is -2.25. The SMILES string of the molecule is O=C(NC[C@@H]1CCCO1)c1ccc([C@@H]2SCC(=O)N2Cc2ccco2)cc1. The highest BCUT2D eigenvalue weighted by molar-refractivity contribution is 8.00. The van der Waals surface area contributed by atoms with Gasteiger partial charge in [-0.2, -0.15) is 0 Å². The van der Waals surface area contributed by atoms with Crippen molar-refractivity contribution < 1.29 is 18.7 Å². The van der Waals surface area contributed by atoms with Crippen LogP contribution in [0.15, 0.2) is 47.1 Å². The molecule has 27 heavy (non-hydrogen) atoms. The van der Waals surface area contributed by atoms with Crippen LogP contribution < -0.4 is 5.32 Å². The Morgan fingerprint density at radius 2 is 2.11 bits per heavy atom. The van der Waals surface area contributed by atoms with E-state index >= 15 is 0 Å². The maximum Gasteiger partial charge on any atom is 0.251 e. The van der Waals surface area contributed by atoms with Gasteiger partial charge >= 0.3 is 0 Å². The fourth-order valence-corrected chi connectivity index (χ4v) is 4.57. The second-order valence-electron chi connectivity index (χ2n) is 6.73. The van der Waals surface area contributed by atoms with Gasteiger partial charge < -0.3 is 19.4 Å². The molecule has 3 heterocycles. The van der Waals surface area contributed by atoms with E-state index in [0.717, 1.165) is 30.8 Å². The zero-order chi connectivity index (χ0) is 18.6. The number of ether oxygens (including phenoxy) is 1. The quantitative estimate of drug-likeness (QED) is 0.826. The van der Waals surface area contributed by atoms with Gasteiger partial charge in [-0.05, 0) is 42.7 Å². The first-order valence-corrected chi connectivity index (χ1v) is 10.2. The number of thioether (sulfide) groups is 1. The van der Waals surface area contributed by atoms with Crippen molar-refractivity contribution in [3.8, 4) is 0 Å². The van der Waals surface area contributed by atoms with Crippen LogP contribution in [-0.2, 0) is 16.1 Å². The fraction of sp³-hybridized carbons (Fsp3) is 0.400. The van der Waals surface area contributed by atoms with Crippen molar-refractivity contribution >= 4 is 23.6 Å². The van der Waals surface area contributed by atoms with Crippen molar-refractivity contribution in [3.63, 3.8) is 0 Å². The molecule has 2 fully saturated rings. The first-order chi connectivity index (χ1) is 13.2. The van der Waals surface area contributed by atoms with E-state index in [0.29, 0.717) is 24.4 Å². The molecule has 0 bridgehead atoms. The Morgan fingerprint density at radius 3 is 2.81 bits per heavy atom. The molecule has 0 radical (unpaired) electrons.